The predicted molar refractivity (Wildman–Crippen MR) is 142 cm³/mol. The van der Waals surface area contributed by atoms with Gasteiger partial charge in [-0.1, -0.05) is 119 Å². The zero-order valence-electron chi connectivity index (χ0n) is 21.7. The molecule has 0 saturated heterocycles. The summed E-state index contributed by atoms with van der Waals surface area (Å²) < 4.78 is 0. The summed E-state index contributed by atoms with van der Waals surface area (Å²) in [6, 6.07) is 4.09. The van der Waals surface area contributed by atoms with Gasteiger partial charge in [0, 0.05) is 4.90 Å². The lowest BCUT2D eigenvalue weighted by Crippen LogP contribution is -2.25. The van der Waals surface area contributed by atoms with Crippen molar-refractivity contribution in [3.05, 3.63) is 23.3 Å². The fraction of sp³-hybridized carbons (Fsp3) is 0.793. The van der Waals surface area contributed by atoms with E-state index >= 15 is 0 Å². The number of rotatable bonds is 16. The first-order valence-electron chi connectivity index (χ1n) is 13.1. The van der Waals surface area contributed by atoms with Gasteiger partial charge in [-0.25, -0.2) is 0 Å². The summed E-state index contributed by atoms with van der Waals surface area (Å²) in [5.74, 6) is 0.453. The van der Waals surface area contributed by atoms with Crippen molar-refractivity contribution in [1.29, 1.82) is 0 Å². The second-order valence-corrected chi connectivity index (χ2v) is 12.1. The molecule has 2 heteroatoms. The van der Waals surface area contributed by atoms with Crippen molar-refractivity contribution in [1.82, 2.24) is 0 Å². The Morgan fingerprint density at radius 2 is 1.16 bits per heavy atom. The summed E-state index contributed by atoms with van der Waals surface area (Å²) in [5, 5.41) is 10.6. The molecule has 31 heavy (non-hydrogen) atoms. The van der Waals surface area contributed by atoms with Crippen molar-refractivity contribution in [3.63, 3.8) is 0 Å². The van der Waals surface area contributed by atoms with Gasteiger partial charge >= 0.3 is 0 Å². The minimum Gasteiger partial charge on any atom is -0.508 e. The Labute approximate surface area is 200 Å². The Hall–Kier alpha value is -0.630. The molecule has 0 aliphatic heterocycles. The summed E-state index contributed by atoms with van der Waals surface area (Å²) in [4.78, 5) is 1.02. The Morgan fingerprint density at radius 1 is 0.710 bits per heavy atom. The van der Waals surface area contributed by atoms with E-state index in [1.807, 2.05) is 6.07 Å². The lowest BCUT2D eigenvalue weighted by molar-refractivity contribution is 0.281. The van der Waals surface area contributed by atoms with Crippen LogP contribution in [0.2, 0.25) is 0 Å². The van der Waals surface area contributed by atoms with Gasteiger partial charge in [0.05, 0.1) is 0 Å². The Bertz CT molecular complexity index is 612. The van der Waals surface area contributed by atoms with Crippen LogP contribution >= 0.6 is 12.6 Å². The normalized spacial score (nSPS) is 12.5. The van der Waals surface area contributed by atoms with Crippen molar-refractivity contribution in [3.8, 4) is 5.75 Å². The van der Waals surface area contributed by atoms with Gasteiger partial charge < -0.3 is 5.11 Å². The molecule has 0 heterocycles. The number of hydrogen-bond donors (Lipinski definition) is 2. The second-order valence-electron chi connectivity index (χ2n) is 11.6. The van der Waals surface area contributed by atoms with Gasteiger partial charge in [0.2, 0.25) is 0 Å². The van der Waals surface area contributed by atoms with E-state index in [2.05, 4.69) is 47.6 Å². The van der Waals surface area contributed by atoms with Crippen LogP contribution in [-0.2, 0) is 11.8 Å². The first-order valence-corrected chi connectivity index (χ1v) is 13.6. The molecule has 0 unspecified atom stereocenters. The fourth-order valence-electron chi connectivity index (χ4n) is 5.12. The minimum absolute atomic E-state index is 0.000843. The summed E-state index contributed by atoms with van der Waals surface area (Å²) in [6.45, 7) is 13.6. The maximum atomic E-state index is 10.6. The molecular formula is C29H52OS. The Morgan fingerprint density at radius 3 is 1.61 bits per heavy atom. The van der Waals surface area contributed by atoms with Crippen molar-refractivity contribution in [2.24, 2.45) is 5.41 Å². The summed E-state index contributed by atoms with van der Waals surface area (Å²) >= 11 is 4.79. The highest BCUT2D eigenvalue weighted by Crippen LogP contribution is 2.41. The highest BCUT2D eigenvalue weighted by Gasteiger charge is 2.29. The number of aromatic hydroxyl groups is 1. The molecule has 0 fully saturated rings. The molecule has 1 N–H and O–H groups in total. The monoisotopic (exact) mass is 448 g/mol. The van der Waals surface area contributed by atoms with Crippen molar-refractivity contribution >= 4 is 12.6 Å². The molecule has 0 bridgehead atoms. The van der Waals surface area contributed by atoms with E-state index < -0.39 is 0 Å². The highest BCUT2D eigenvalue weighted by atomic mass is 32.1. The van der Waals surface area contributed by atoms with E-state index in [1.54, 1.807) is 0 Å². The quantitative estimate of drug-likeness (QED) is 0.190. The van der Waals surface area contributed by atoms with Gasteiger partial charge in [-0.3, -0.25) is 0 Å². The molecule has 0 aliphatic rings. The second kappa shape index (κ2) is 14.5. The number of benzene rings is 1. The van der Waals surface area contributed by atoms with Crippen LogP contribution in [0, 0.1) is 5.41 Å². The predicted octanol–water partition coefficient (Wildman–Crippen LogP) is 10.0. The minimum atomic E-state index is 0.000843. The molecule has 0 saturated carbocycles. The SMILES string of the molecule is CCCCCCCCCCCCCCCc1cc(S)c(C(C)(C)CC(C)(C)C)cc1O. The molecule has 0 spiro atoms. The van der Waals surface area contributed by atoms with Crippen LogP contribution < -0.4 is 0 Å². The number of aryl methyl sites for hydroxylation is 1. The molecule has 0 amide bonds. The van der Waals surface area contributed by atoms with E-state index in [1.165, 1.54) is 77.0 Å². The van der Waals surface area contributed by atoms with Crippen LogP contribution in [0.3, 0.4) is 0 Å². The largest absolute Gasteiger partial charge is 0.508 e. The standard InChI is InChI=1S/C29H52OS/c1-7-8-9-10-11-12-13-14-15-16-17-18-19-20-24-21-27(31)25(22-26(24)30)29(5,6)23-28(2,3)4/h21-22,30-31H,7-20,23H2,1-6H3. The molecule has 1 rings (SSSR count). The van der Waals surface area contributed by atoms with Crippen molar-refractivity contribution in [2.45, 2.75) is 148 Å². The summed E-state index contributed by atoms with van der Waals surface area (Å²) in [6.07, 6.45) is 19.8. The molecule has 1 aromatic rings. The van der Waals surface area contributed by atoms with Gasteiger partial charge in [-0.2, -0.15) is 0 Å². The van der Waals surface area contributed by atoms with Crippen LogP contribution in [0.15, 0.2) is 17.0 Å². The lowest BCUT2D eigenvalue weighted by Gasteiger charge is -2.34. The van der Waals surface area contributed by atoms with Crippen LogP contribution in [0.4, 0.5) is 0 Å². The van der Waals surface area contributed by atoms with E-state index in [-0.39, 0.29) is 10.8 Å². The molecule has 1 aromatic carbocycles. The van der Waals surface area contributed by atoms with Gasteiger partial charge in [-0.05, 0) is 53.4 Å². The summed E-state index contributed by atoms with van der Waals surface area (Å²) in [7, 11) is 0. The van der Waals surface area contributed by atoms with E-state index in [0.29, 0.717) is 5.75 Å². The van der Waals surface area contributed by atoms with Crippen LogP contribution in [0.1, 0.15) is 143 Å². The summed E-state index contributed by atoms with van der Waals surface area (Å²) in [5.41, 5.74) is 2.47. The average molecular weight is 449 g/mol. The lowest BCUT2D eigenvalue weighted by atomic mass is 9.72. The third kappa shape index (κ3) is 12.3. The zero-order chi connectivity index (χ0) is 23.3. The molecule has 0 radical (unpaired) electrons. The molecular weight excluding hydrogens is 396 g/mol. The number of phenols is 1. The van der Waals surface area contributed by atoms with Crippen molar-refractivity contribution in [2.75, 3.05) is 0 Å². The van der Waals surface area contributed by atoms with Gasteiger partial charge in [0.25, 0.3) is 0 Å². The van der Waals surface area contributed by atoms with Crippen LogP contribution in [-0.4, -0.2) is 5.11 Å². The van der Waals surface area contributed by atoms with E-state index in [0.717, 1.165) is 35.3 Å². The molecule has 0 atom stereocenters. The van der Waals surface area contributed by atoms with Gasteiger partial charge in [0.15, 0.2) is 0 Å². The molecule has 0 aromatic heterocycles. The average Bonchev–Trinajstić information content (AvgIpc) is 2.65. The third-order valence-electron chi connectivity index (χ3n) is 6.45. The van der Waals surface area contributed by atoms with E-state index in [4.69, 9.17) is 12.6 Å². The zero-order valence-corrected chi connectivity index (χ0v) is 22.6. The maximum Gasteiger partial charge on any atom is 0.119 e. The topological polar surface area (TPSA) is 20.2 Å². The van der Waals surface area contributed by atoms with Gasteiger partial charge in [0.1, 0.15) is 5.75 Å². The Kier molecular flexibility index (Phi) is 13.3. The maximum absolute atomic E-state index is 10.6. The molecule has 1 nitrogen and oxygen atoms in total. The highest BCUT2D eigenvalue weighted by molar-refractivity contribution is 7.80. The third-order valence-corrected chi connectivity index (χ3v) is 6.82. The first kappa shape index (κ1) is 28.4. The smallest absolute Gasteiger partial charge is 0.119 e. The number of thiol groups is 1. The fourth-order valence-corrected chi connectivity index (χ4v) is 5.64. The number of phenolic OH excluding ortho intramolecular Hbond substituents is 1. The number of unbranched alkanes of at least 4 members (excludes halogenated alkanes) is 12. The van der Waals surface area contributed by atoms with Crippen LogP contribution in [0.5, 0.6) is 5.75 Å². The van der Waals surface area contributed by atoms with Gasteiger partial charge in [-0.15, -0.1) is 12.6 Å². The molecule has 180 valence electrons. The Balaban J connectivity index is 2.27. The van der Waals surface area contributed by atoms with Crippen LogP contribution in [0.25, 0.3) is 0 Å². The number of hydrogen-bond acceptors (Lipinski definition) is 2. The first-order chi connectivity index (χ1) is 14.6. The van der Waals surface area contributed by atoms with Crippen molar-refractivity contribution < 1.29 is 5.11 Å². The molecule has 0 aliphatic carbocycles. The van der Waals surface area contributed by atoms with E-state index in [9.17, 15) is 5.11 Å².